The van der Waals surface area contributed by atoms with Crippen LogP contribution in [0.25, 0.3) is 0 Å². The Kier molecular flexibility index (Phi) is 4.76. The molecule has 1 unspecified atom stereocenters. The van der Waals surface area contributed by atoms with E-state index in [1.54, 1.807) is 6.07 Å². The van der Waals surface area contributed by atoms with Crippen molar-refractivity contribution >= 4 is 17.6 Å². The molecule has 5 heteroatoms. The largest absolute Gasteiger partial charge is 0.395 e. The highest BCUT2D eigenvalue weighted by Gasteiger charge is 2.05. The lowest BCUT2D eigenvalue weighted by Gasteiger charge is -2.08. The zero-order valence-corrected chi connectivity index (χ0v) is 9.85. The van der Waals surface area contributed by atoms with Crippen LogP contribution < -0.4 is 5.73 Å². The zero-order valence-electron chi connectivity index (χ0n) is 9.03. The summed E-state index contributed by atoms with van der Waals surface area (Å²) in [6.07, 6.45) is 0. The van der Waals surface area contributed by atoms with E-state index in [4.69, 9.17) is 16.2 Å². The first kappa shape index (κ1) is 13.0. The van der Waals surface area contributed by atoms with Crippen molar-refractivity contribution in [2.24, 2.45) is 5.73 Å². The van der Waals surface area contributed by atoms with E-state index in [9.17, 15) is 4.39 Å². The van der Waals surface area contributed by atoms with Crippen LogP contribution in [0.3, 0.4) is 0 Å². The minimum Gasteiger partial charge on any atom is -0.395 e. The van der Waals surface area contributed by atoms with Crippen LogP contribution in [0.4, 0.5) is 4.39 Å². The van der Waals surface area contributed by atoms with Gasteiger partial charge < -0.3 is 10.8 Å². The number of aliphatic hydroxyl groups is 1. The lowest BCUT2D eigenvalue weighted by Crippen LogP contribution is -2.12. The summed E-state index contributed by atoms with van der Waals surface area (Å²) in [5.41, 5.74) is 6.47. The molecule has 0 heterocycles. The van der Waals surface area contributed by atoms with Gasteiger partial charge in [-0.05, 0) is 23.8 Å². The monoisotopic (exact) mass is 242 g/mol. The summed E-state index contributed by atoms with van der Waals surface area (Å²) in [6, 6.07) is 4.36. The number of nitrogens with one attached hydrogen (secondary N) is 1. The second kappa shape index (κ2) is 5.86. The molecule has 4 N–H and O–H groups in total. The average molecular weight is 242 g/mol. The van der Waals surface area contributed by atoms with Crippen molar-refractivity contribution in [3.8, 4) is 0 Å². The fraction of sp³-hybridized carbons (Fsp3) is 0.364. The molecule has 0 spiro atoms. The Balaban J connectivity index is 2.76. The number of amidine groups is 1. The van der Waals surface area contributed by atoms with Crippen molar-refractivity contribution in [1.82, 2.24) is 0 Å². The second-order valence-corrected chi connectivity index (χ2v) is 4.99. The molecule has 1 atom stereocenters. The van der Waals surface area contributed by atoms with Crippen LogP contribution in [0.2, 0.25) is 0 Å². The molecular formula is C11H15FN2OS. The lowest BCUT2D eigenvalue weighted by molar-refractivity contribution is 0.300. The molecule has 0 bridgehead atoms. The van der Waals surface area contributed by atoms with E-state index in [1.807, 2.05) is 6.92 Å². The van der Waals surface area contributed by atoms with Gasteiger partial charge in [0.15, 0.2) is 0 Å². The summed E-state index contributed by atoms with van der Waals surface area (Å²) >= 11 is 1.53. The fourth-order valence-corrected chi connectivity index (χ4v) is 1.93. The number of thioether (sulfide) groups is 1. The van der Waals surface area contributed by atoms with Gasteiger partial charge >= 0.3 is 0 Å². The van der Waals surface area contributed by atoms with Gasteiger partial charge in [0.1, 0.15) is 11.7 Å². The molecule has 88 valence electrons. The minimum atomic E-state index is -0.389. The van der Waals surface area contributed by atoms with E-state index in [0.717, 1.165) is 5.56 Å². The van der Waals surface area contributed by atoms with Gasteiger partial charge in [0.2, 0.25) is 0 Å². The van der Waals surface area contributed by atoms with E-state index in [-0.39, 0.29) is 23.5 Å². The van der Waals surface area contributed by atoms with Gasteiger partial charge in [-0.1, -0.05) is 6.92 Å². The highest BCUT2D eigenvalue weighted by molar-refractivity contribution is 7.99. The maximum Gasteiger partial charge on any atom is 0.124 e. The predicted octanol–water partition coefficient (Wildman–Crippen LogP) is 1.72. The first-order chi connectivity index (χ1) is 7.52. The van der Waals surface area contributed by atoms with Gasteiger partial charge in [-0.25, -0.2) is 4.39 Å². The third kappa shape index (κ3) is 3.83. The van der Waals surface area contributed by atoms with Gasteiger partial charge in [0.25, 0.3) is 0 Å². The molecule has 0 saturated carbocycles. The molecule has 0 aromatic heterocycles. The molecule has 0 aliphatic carbocycles. The number of hydrogen-bond donors (Lipinski definition) is 3. The maximum absolute atomic E-state index is 13.2. The van der Waals surface area contributed by atoms with E-state index in [0.29, 0.717) is 11.3 Å². The predicted molar refractivity (Wildman–Crippen MR) is 65.3 cm³/mol. The molecule has 0 fully saturated rings. The molecule has 0 amide bonds. The molecular weight excluding hydrogens is 227 g/mol. The molecule has 0 aliphatic rings. The van der Waals surface area contributed by atoms with E-state index < -0.39 is 0 Å². The Bertz CT molecular complexity index is 384. The van der Waals surface area contributed by atoms with E-state index in [2.05, 4.69) is 0 Å². The summed E-state index contributed by atoms with van der Waals surface area (Å²) in [4.78, 5) is 0. The van der Waals surface area contributed by atoms with Crippen molar-refractivity contribution in [3.63, 3.8) is 0 Å². The van der Waals surface area contributed by atoms with Gasteiger partial charge in [0.05, 0.1) is 6.61 Å². The molecule has 0 radical (unpaired) electrons. The summed E-state index contributed by atoms with van der Waals surface area (Å²) in [6.45, 7) is 2.00. The number of nitrogens with two attached hydrogens (primary N) is 1. The summed E-state index contributed by atoms with van der Waals surface area (Å²) < 4.78 is 13.2. The molecule has 0 saturated heterocycles. The van der Waals surface area contributed by atoms with Crippen molar-refractivity contribution in [2.75, 3.05) is 6.61 Å². The fourth-order valence-electron chi connectivity index (χ4n) is 1.18. The van der Waals surface area contributed by atoms with Crippen LogP contribution in [0, 0.1) is 11.2 Å². The highest BCUT2D eigenvalue weighted by atomic mass is 32.2. The average Bonchev–Trinajstić information content (AvgIpc) is 2.25. The van der Waals surface area contributed by atoms with Gasteiger partial charge in [0, 0.05) is 16.6 Å². The third-order valence-electron chi connectivity index (χ3n) is 2.06. The molecule has 3 nitrogen and oxygen atoms in total. The minimum absolute atomic E-state index is 0.0968. The van der Waals surface area contributed by atoms with Gasteiger partial charge in [-0.3, -0.25) is 5.41 Å². The van der Waals surface area contributed by atoms with Crippen LogP contribution in [-0.2, 0) is 5.75 Å². The van der Waals surface area contributed by atoms with Crippen LogP contribution >= 0.6 is 11.8 Å². The number of benzene rings is 1. The van der Waals surface area contributed by atoms with Gasteiger partial charge in [-0.2, -0.15) is 11.8 Å². The molecule has 16 heavy (non-hydrogen) atoms. The number of aliphatic hydroxyl groups excluding tert-OH is 1. The van der Waals surface area contributed by atoms with Crippen LogP contribution in [0.15, 0.2) is 18.2 Å². The maximum atomic E-state index is 13.2. The number of halogens is 1. The summed E-state index contributed by atoms with van der Waals surface area (Å²) in [7, 11) is 0. The first-order valence-electron chi connectivity index (χ1n) is 4.89. The number of rotatable bonds is 5. The van der Waals surface area contributed by atoms with E-state index >= 15 is 0 Å². The number of hydrogen-bond acceptors (Lipinski definition) is 3. The van der Waals surface area contributed by atoms with Crippen molar-refractivity contribution < 1.29 is 9.50 Å². The summed E-state index contributed by atoms with van der Waals surface area (Å²) in [5, 5.41) is 16.2. The first-order valence-corrected chi connectivity index (χ1v) is 5.94. The molecule has 0 aliphatic heterocycles. The smallest absolute Gasteiger partial charge is 0.124 e. The molecule has 1 aromatic rings. The standard InChI is InChI=1S/C11H15FN2OS/c1-7(5-15)16-6-8-2-9(11(13)14)4-10(12)3-8/h2-4,7,15H,5-6H2,1H3,(H3,13,14). The second-order valence-electron chi connectivity index (χ2n) is 3.57. The third-order valence-corrected chi connectivity index (χ3v) is 3.28. The van der Waals surface area contributed by atoms with Crippen molar-refractivity contribution in [2.45, 2.75) is 17.9 Å². The quantitative estimate of drug-likeness (QED) is 0.544. The molecule has 1 aromatic carbocycles. The van der Waals surface area contributed by atoms with Crippen molar-refractivity contribution in [1.29, 1.82) is 5.41 Å². The Labute approximate surface area is 98.4 Å². The van der Waals surface area contributed by atoms with Gasteiger partial charge in [-0.15, -0.1) is 0 Å². The number of nitrogen functional groups attached to an aromatic ring is 1. The van der Waals surface area contributed by atoms with Crippen LogP contribution in [-0.4, -0.2) is 22.8 Å². The highest BCUT2D eigenvalue weighted by Crippen LogP contribution is 2.19. The summed E-state index contributed by atoms with van der Waals surface area (Å²) in [5.74, 6) is 0.0701. The zero-order chi connectivity index (χ0) is 12.1. The Morgan fingerprint density at radius 1 is 1.56 bits per heavy atom. The van der Waals surface area contributed by atoms with Crippen molar-refractivity contribution in [3.05, 3.63) is 35.1 Å². The molecule has 1 rings (SSSR count). The lowest BCUT2D eigenvalue weighted by atomic mass is 10.1. The Morgan fingerprint density at radius 3 is 2.81 bits per heavy atom. The Morgan fingerprint density at radius 2 is 2.25 bits per heavy atom. The van der Waals surface area contributed by atoms with Crippen LogP contribution in [0.5, 0.6) is 0 Å². The normalized spacial score (nSPS) is 12.4. The Hall–Kier alpha value is -1.07. The van der Waals surface area contributed by atoms with Crippen LogP contribution in [0.1, 0.15) is 18.1 Å². The SMILES string of the molecule is CC(CO)SCc1cc(F)cc(C(=N)N)c1. The topological polar surface area (TPSA) is 70.1 Å². The van der Waals surface area contributed by atoms with E-state index in [1.165, 1.54) is 23.9 Å².